The number of carbonyl (C=O) groups is 2. The van der Waals surface area contributed by atoms with Crippen molar-refractivity contribution in [3.63, 3.8) is 0 Å². The van der Waals surface area contributed by atoms with E-state index in [0.717, 1.165) is 0 Å². The summed E-state index contributed by atoms with van der Waals surface area (Å²) >= 11 is 1.44. The van der Waals surface area contributed by atoms with Crippen LogP contribution in [0.15, 0.2) is 72.8 Å². The van der Waals surface area contributed by atoms with Gasteiger partial charge in [0.25, 0.3) is 11.8 Å². The van der Waals surface area contributed by atoms with Gasteiger partial charge in [-0.1, -0.05) is 36.4 Å². The van der Waals surface area contributed by atoms with Crippen molar-refractivity contribution < 1.29 is 18.7 Å². The first-order valence-corrected chi connectivity index (χ1v) is 11.3. The van der Waals surface area contributed by atoms with Crippen LogP contribution in [0.1, 0.15) is 21.5 Å². The van der Waals surface area contributed by atoms with E-state index >= 15 is 0 Å². The summed E-state index contributed by atoms with van der Waals surface area (Å²) in [5.41, 5.74) is 2.31. The molecule has 0 bridgehead atoms. The van der Waals surface area contributed by atoms with Crippen LogP contribution in [-0.2, 0) is 16.2 Å². The third-order valence-electron chi connectivity index (χ3n) is 5.95. The maximum Gasteiger partial charge on any atom is 0.268 e. The van der Waals surface area contributed by atoms with E-state index in [2.05, 4.69) is 0 Å². The van der Waals surface area contributed by atoms with Gasteiger partial charge in [0, 0.05) is 29.0 Å². The van der Waals surface area contributed by atoms with Gasteiger partial charge in [-0.3, -0.25) is 9.59 Å². The Morgan fingerprint density at radius 1 is 1.09 bits per heavy atom. The molecule has 32 heavy (non-hydrogen) atoms. The second kappa shape index (κ2) is 7.98. The molecule has 5 nitrogen and oxygen atoms in total. The highest BCUT2D eigenvalue weighted by molar-refractivity contribution is 8.01. The van der Waals surface area contributed by atoms with Crippen LogP contribution in [0.4, 0.5) is 10.1 Å². The van der Waals surface area contributed by atoms with Crippen LogP contribution >= 0.6 is 11.8 Å². The predicted octanol–water partition coefficient (Wildman–Crippen LogP) is 4.42. The van der Waals surface area contributed by atoms with Crippen molar-refractivity contribution in [3.05, 3.63) is 95.3 Å². The SMILES string of the molecule is COc1ccc2c(c1)[C@@]1(SCCN1C(=O)c1ccccc1)C(=O)N2Cc1ccccc1F. The van der Waals surface area contributed by atoms with Gasteiger partial charge < -0.3 is 14.5 Å². The van der Waals surface area contributed by atoms with E-state index < -0.39 is 4.87 Å². The third-order valence-corrected chi connectivity index (χ3v) is 7.37. The summed E-state index contributed by atoms with van der Waals surface area (Å²) in [5, 5.41) is 0. The minimum Gasteiger partial charge on any atom is -0.497 e. The number of amides is 2. The number of ether oxygens (including phenoxy) is 1. The lowest BCUT2D eigenvalue weighted by Crippen LogP contribution is -2.50. The van der Waals surface area contributed by atoms with Crippen LogP contribution in [0.3, 0.4) is 0 Å². The molecule has 3 aromatic rings. The van der Waals surface area contributed by atoms with Gasteiger partial charge in [-0.25, -0.2) is 4.39 Å². The zero-order valence-electron chi connectivity index (χ0n) is 17.5. The fraction of sp³-hybridized carbons (Fsp3) is 0.200. The lowest BCUT2D eigenvalue weighted by atomic mass is 10.0. The van der Waals surface area contributed by atoms with Crippen molar-refractivity contribution >= 4 is 29.3 Å². The average molecular weight is 449 g/mol. The fourth-order valence-corrected chi connectivity index (χ4v) is 5.86. The van der Waals surface area contributed by atoms with Crippen LogP contribution in [0.2, 0.25) is 0 Å². The molecular formula is C25H21FN2O3S. The molecule has 3 aromatic carbocycles. The zero-order valence-corrected chi connectivity index (χ0v) is 18.3. The summed E-state index contributed by atoms with van der Waals surface area (Å²) in [7, 11) is 1.57. The molecule has 1 spiro atoms. The molecule has 0 unspecified atom stereocenters. The number of carbonyl (C=O) groups excluding carboxylic acids is 2. The zero-order chi connectivity index (χ0) is 22.3. The first-order valence-electron chi connectivity index (χ1n) is 10.3. The summed E-state index contributed by atoms with van der Waals surface area (Å²) in [4.78, 5) is 29.5. The van der Waals surface area contributed by atoms with E-state index in [4.69, 9.17) is 4.74 Å². The monoisotopic (exact) mass is 448 g/mol. The number of nitrogens with zero attached hydrogens (tertiary/aromatic N) is 2. The van der Waals surface area contributed by atoms with Crippen molar-refractivity contribution in [2.75, 3.05) is 24.3 Å². The molecule has 162 valence electrons. The quantitative estimate of drug-likeness (QED) is 0.593. The summed E-state index contributed by atoms with van der Waals surface area (Å²) in [6.45, 7) is 0.523. The second-order valence-electron chi connectivity index (χ2n) is 7.68. The first-order chi connectivity index (χ1) is 15.6. The van der Waals surface area contributed by atoms with Crippen molar-refractivity contribution in [3.8, 4) is 5.75 Å². The Morgan fingerprint density at radius 2 is 1.84 bits per heavy atom. The lowest BCUT2D eigenvalue weighted by Gasteiger charge is -2.33. The summed E-state index contributed by atoms with van der Waals surface area (Å²) in [6.07, 6.45) is 0. The molecule has 2 heterocycles. The molecule has 2 aliphatic rings. The highest BCUT2D eigenvalue weighted by Crippen LogP contribution is 2.55. The maximum atomic E-state index is 14.4. The normalized spacial score (nSPS) is 19.5. The van der Waals surface area contributed by atoms with Crippen LogP contribution in [0, 0.1) is 5.82 Å². The minimum atomic E-state index is -1.21. The molecule has 0 saturated carbocycles. The summed E-state index contributed by atoms with van der Waals surface area (Å²) in [5.74, 6) is 0.409. The molecule has 0 radical (unpaired) electrons. The van der Waals surface area contributed by atoms with E-state index in [1.54, 1.807) is 65.4 Å². The van der Waals surface area contributed by atoms with Crippen molar-refractivity contribution in [2.24, 2.45) is 0 Å². The van der Waals surface area contributed by atoms with Crippen LogP contribution in [0.25, 0.3) is 0 Å². The number of benzene rings is 3. The third kappa shape index (κ3) is 3.07. The molecule has 1 saturated heterocycles. The Balaban J connectivity index is 1.63. The van der Waals surface area contributed by atoms with Crippen molar-refractivity contribution in [1.29, 1.82) is 0 Å². The Kier molecular flexibility index (Phi) is 5.13. The summed E-state index contributed by atoms with van der Waals surface area (Å²) in [6, 6.07) is 20.8. The minimum absolute atomic E-state index is 0.0838. The van der Waals surface area contributed by atoms with Crippen molar-refractivity contribution in [2.45, 2.75) is 11.4 Å². The number of methoxy groups -OCH3 is 1. The molecular weight excluding hydrogens is 427 g/mol. The molecule has 7 heteroatoms. The standard InChI is InChI=1S/C25H21FN2O3S/c1-31-19-11-12-22-20(15-19)25(24(30)27(22)16-18-9-5-6-10-21(18)26)28(13-14-32-25)23(29)17-7-3-2-4-8-17/h2-12,15H,13-14,16H2,1H3/t25-/m1/s1. The van der Waals surface area contributed by atoms with Gasteiger partial charge in [0.1, 0.15) is 11.6 Å². The van der Waals surface area contributed by atoms with E-state index in [1.807, 2.05) is 18.2 Å². The summed E-state index contributed by atoms with van der Waals surface area (Å²) < 4.78 is 19.9. The Hall–Kier alpha value is -3.32. The van der Waals surface area contributed by atoms with Gasteiger partial charge in [0.2, 0.25) is 0 Å². The topological polar surface area (TPSA) is 49.9 Å². The van der Waals surface area contributed by atoms with Crippen molar-refractivity contribution in [1.82, 2.24) is 4.90 Å². The second-order valence-corrected chi connectivity index (χ2v) is 8.97. The maximum absolute atomic E-state index is 14.4. The first kappa shape index (κ1) is 20.6. The van der Waals surface area contributed by atoms with Gasteiger partial charge in [-0.05, 0) is 36.4 Å². The smallest absolute Gasteiger partial charge is 0.268 e. The highest BCUT2D eigenvalue weighted by Gasteiger charge is 2.59. The highest BCUT2D eigenvalue weighted by atomic mass is 32.2. The van der Waals surface area contributed by atoms with Gasteiger partial charge in [0.05, 0.1) is 19.3 Å². The Morgan fingerprint density at radius 3 is 2.59 bits per heavy atom. The predicted molar refractivity (Wildman–Crippen MR) is 122 cm³/mol. The molecule has 2 aliphatic heterocycles. The lowest BCUT2D eigenvalue weighted by molar-refractivity contribution is -0.123. The van der Waals surface area contributed by atoms with Crippen LogP contribution in [0.5, 0.6) is 5.75 Å². The van der Waals surface area contributed by atoms with Crippen LogP contribution < -0.4 is 9.64 Å². The van der Waals surface area contributed by atoms with E-state index in [1.165, 1.54) is 17.8 Å². The number of halogens is 1. The molecule has 0 N–H and O–H groups in total. The van der Waals surface area contributed by atoms with Gasteiger partial charge in [-0.15, -0.1) is 11.8 Å². The van der Waals surface area contributed by atoms with Gasteiger partial charge in [-0.2, -0.15) is 0 Å². The van der Waals surface area contributed by atoms with Crippen LogP contribution in [-0.4, -0.2) is 36.1 Å². The van der Waals surface area contributed by atoms with E-state index in [0.29, 0.717) is 40.4 Å². The molecule has 5 rings (SSSR count). The number of thioether (sulfide) groups is 1. The number of hydrogen-bond acceptors (Lipinski definition) is 4. The van der Waals surface area contributed by atoms with E-state index in [-0.39, 0.29) is 24.2 Å². The fourth-order valence-electron chi connectivity index (χ4n) is 4.41. The Bertz CT molecular complexity index is 1200. The largest absolute Gasteiger partial charge is 0.497 e. The number of hydrogen-bond donors (Lipinski definition) is 0. The molecule has 1 fully saturated rings. The van der Waals surface area contributed by atoms with Gasteiger partial charge >= 0.3 is 0 Å². The number of anilines is 1. The van der Waals surface area contributed by atoms with Gasteiger partial charge in [0.15, 0.2) is 4.87 Å². The molecule has 2 amide bonds. The van der Waals surface area contributed by atoms with E-state index in [9.17, 15) is 14.0 Å². The molecule has 1 atom stereocenters. The Labute approximate surface area is 189 Å². The number of rotatable bonds is 4. The molecule has 0 aromatic heterocycles. The number of fused-ring (bicyclic) bond motifs is 2. The molecule has 0 aliphatic carbocycles. The average Bonchev–Trinajstić information content (AvgIpc) is 3.37.